The molecule has 1 amide bonds. The smallest absolute Gasteiger partial charge is 0.245 e. The molecule has 29 heavy (non-hydrogen) atoms. The fourth-order valence-corrected chi connectivity index (χ4v) is 5.13. The van der Waals surface area contributed by atoms with Gasteiger partial charge < -0.3 is 5.32 Å². The number of para-hydroxylation sites is 1. The summed E-state index contributed by atoms with van der Waals surface area (Å²) in [6.45, 7) is 10.3. The highest BCUT2D eigenvalue weighted by molar-refractivity contribution is 7.89. The number of hydrogen-bond donors (Lipinski definition) is 1. The summed E-state index contributed by atoms with van der Waals surface area (Å²) in [6.07, 6.45) is 1.69. The minimum atomic E-state index is -3.65. The van der Waals surface area contributed by atoms with Crippen LogP contribution in [0.5, 0.6) is 0 Å². The van der Waals surface area contributed by atoms with E-state index < -0.39 is 10.0 Å². The molecule has 1 fully saturated rings. The summed E-state index contributed by atoms with van der Waals surface area (Å²) >= 11 is 0. The van der Waals surface area contributed by atoms with Gasteiger partial charge in [0.15, 0.2) is 0 Å². The summed E-state index contributed by atoms with van der Waals surface area (Å²) in [5, 5.41) is 3.77. The highest BCUT2D eigenvalue weighted by atomic mass is 32.2. The number of aryl methyl sites for hydroxylation is 1. The van der Waals surface area contributed by atoms with Crippen LogP contribution < -0.4 is 5.32 Å². The van der Waals surface area contributed by atoms with E-state index >= 15 is 0 Å². The number of benzene rings is 1. The lowest BCUT2D eigenvalue weighted by Gasteiger charge is -2.36. The molecule has 1 aromatic carbocycles. The van der Waals surface area contributed by atoms with E-state index in [1.165, 1.54) is 4.31 Å². The zero-order valence-corrected chi connectivity index (χ0v) is 18.4. The summed E-state index contributed by atoms with van der Waals surface area (Å²) in [7, 11) is -3.65. The first-order valence-electron chi connectivity index (χ1n) is 10.1. The molecule has 2 aromatic rings. The van der Waals surface area contributed by atoms with Crippen molar-refractivity contribution in [2.24, 2.45) is 5.92 Å². The summed E-state index contributed by atoms with van der Waals surface area (Å²) in [4.78, 5) is 19.0. The van der Waals surface area contributed by atoms with Crippen LogP contribution in [0.2, 0.25) is 0 Å². The SMILES string of the molecule is Cc1cnc2c(S(=O)(=O)N3CCN(C(C)C(=O)NCC(C)C)CC3)cccc2c1. The number of nitrogens with one attached hydrogen (secondary N) is 1. The number of pyridine rings is 1. The Balaban J connectivity index is 1.71. The van der Waals surface area contributed by atoms with Crippen LogP contribution >= 0.6 is 0 Å². The predicted octanol–water partition coefficient (Wildman–Crippen LogP) is 2.01. The van der Waals surface area contributed by atoms with E-state index in [1.54, 1.807) is 18.3 Å². The van der Waals surface area contributed by atoms with Crippen LogP contribution in [0.1, 0.15) is 26.3 Å². The van der Waals surface area contributed by atoms with Crippen molar-refractivity contribution in [3.8, 4) is 0 Å². The first-order chi connectivity index (χ1) is 13.7. The predicted molar refractivity (Wildman–Crippen MR) is 114 cm³/mol. The number of nitrogens with zero attached hydrogens (tertiary/aromatic N) is 3. The fourth-order valence-electron chi connectivity index (χ4n) is 3.54. The van der Waals surface area contributed by atoms with Crippen LogP contribution in [0, 0.1) is 12.8 Å². The molecule has 7 nitrogen and oxygen atoms in total. The second kappa shape index (κ2) is 8.77. The van der Waals surface area contributed by atoms with E-state index in [9.17, 15) is 13.2 Å². The molecular weight excluding hydrogens is 388 g/mol. The summed E-state index contributed by atoms with van der Waals surface area (Å²) < 4.78 is 28.0. The minimum Gasteiger partial charge on any atom is -0.354 e. The Hall–Kier alpha value is -2.03. The molecule has 0 spiro atoms. The lowest BCUT2D eigenvalue weighted by Crippen LogP contribution is -2.55. The average molecular weight is 419 g/mol. The molecule has 0 radical (unpaired) electrons. The first-order valence-corrected chi connectivity index (χ1v) is 11.5. The average Bonchev–Trinajstić information content (AvgIpc) is 2.70. The lowest BCUT2D eigenvalue weighted by molar-refractivity contribution is -0.126. The van der Waals surface area contributed by atoms with Crippen molar-refractivity contribution in [2.45, 2.75) is 38.6 Å². The Bertz CT molecular complexity index is 983. The van der Waals surface area contributed by atoms with Crippen LogP contribution in [0.4, 0.5) is 0 Å². The normalized spacial score (nSPS) is 17.6. The standard InChI is InChI=1S/C21H30N4O3S/c1-15(2)13-23-21(26)17(4)24-8-10-25(11-9-24)29(27,28)19-7-5-6-18-12-16(3)14-22-20(18)19/h5-7,12,14-15,17H,8-11,13H2,1-4H3,(H,23,26). The second-order valence-corrected chi connectivity index (χ2v) is 10.0. The molecule has 1 unspecified atom stereocenters. The molecule has 8 heteroatoms. The van der Waals surface area contributed by atoms with Gasteiger partial charge in [-0.2, -0.15) is 4.31 Å². The van der Waals surface area contributed by atoms with E-state index in [2.05, 4.69) is 24.1 Å². The molecule has 1 aliphatic heterocycles. The number of carbonyl (C=O) groups is 1. The van der Waals surface area contributed by atoms with Crippen molar-refractivity contribution in [2.75, 3.05) is 32.7 Å². The van der Waals surface area contributed by atoms with E-state index in [1.807, 2.05) is 30.9 Å². The van der Waals surface area contributed by atoms with Crippen molar-refractivity contribution >= 4 is 26.8 Å². The Morgan fingerprint density at radius 2 is 1.86 bits per heavy atom. The van der Waals surface area contributed by atoms with Gasteiger partial charge in [0.25, 0.3) is 0 Å². The Kier molecular flexibility index (Phi) is 6.55. The van der Waals surface area contributed by atoms with Gasteiger partial charge >= 0.3 is 0 Å². The van der Waals surface area contributed by atoms with Gasteiger partial charge in [-0.15, -0.1) is 0 Å². The molecule has 158 valence electrons. The van der Waals surface area contributed by atoms with Crippen molar-refractivity contribution in [3.63, 3.8) is 0 Å². The first kappa shape index (κ1) is 21.7. The molecule has 0 aliphatic carbocycles. The molecule has 0 saturated carbocycles. The number of fused-ring (bicyclic) bond motifs is 1. The number of amides is 1. The fraction of sp³-hybridized carbons (Fsp3) is 0.524. The summed E-state index contributed by atoms with van der Waals surface area (Å²) in [6, 6.07) is 6.92. The van der Waals surface area contributed by atoms with Gasteiger partial charge in [-0.1, -0.05) is 26.0 Å². The van der Waals surface area contributed by atoms with E-state index in [0.29, 0.717) is 44.2 Å². The third-order valence-corrected chi connectivity index (χ3v) is 7.24. The highest BCUT2D eigenvalue weighted by Gasteiger charge is 2.32. The van der Waals surface area contributed by atoms with Gasteiger partial charge in [0, 0.05) is 44.3 Å². The number of piperazine rings is 1. The van der Waals surface area contributed by atoms with Crippen LogP contribution in [-0.4, -0.2) is 67.3 Å². The van der Waals surface area contributed by atoms with Gasteiger partial charge in [-0.25, -0.2) is 8.42 Å². The van der Waals surface area contributed by atoms with Gasteiger partial charge in [-0.05, 0) is 37.5 Å². The molecule has 1 saturated heterocycles. The number of carbonyl (C=O) groups excluding carboxylic acids is 1. The summed E-state index contributed by atoms with van der Waals surface area (Å²) in [5.41, 5.74) is 1.49. The molecule has 1 aromatic heterocycles. The van der Waals surface area contributed by atoms with Crippen LogP contribution in [0.25, 0.3) is 10.9 Å². The van der Waals surface area contributed by atoms with Crippen molar-refractivity contribution in [3.05, 3.63) is 36.0 Å². The zero-order valence-electron chi connectivity index (χ0n) is 17.6. The zero-order chi connectivity index (χ0) is 21.2. The maximum absolute atomic E-state index is 13.3. The number of sulfonamides is 1. The van der Waals surface area contributed by atoms with E-state index in [-0.39, 0.29) is 16.8 Å². The maximum Gasteiger partial charge on any atom is 0.245 e. The van der Waals surface area contributed by atoms with Gasteiger partial charge in [0.2, 0.25) is 15.9 Å². The van der Waals surface area contributed by atoms with Gasteiger partial charge in [0.05, 0.1) is 11.6 Å². The van der Waals surface area contributed by atoms with Gasteiger partial charge in [0.1, 0.15) is 4.90 Å². The minimum absolute atomic E-state index is 0.0105. The quantitative estimate of drug-likeness (QED) is 0.776. The number of hydrogen-bond acceptors (Lipinski definition) is 5. The maximum atomic E-state index is 13.3. The lowest BCUT2D eigenvalue weighted by atomic mass is 10.2. The molecule has 1 aliphatic rings. The van der Waals surface area contributed by atoms with Crippen LogP contribution in [0.15, 0.2) is 35.4 Å². The van der Waals surface area contributed by atoms with E-state index in [4.69, 9.17) is 0 Å². The molecule has 0 bridgehead atoms. The number of aromatic nitrogens is 1. The van der Waals surface area contributed by atoms with Crippen molar-refractivity contribution in [1.82, 2.24) is 19.5 Å². The number of rotatable bonds is 6. The Morgan fingerprint density at radius 1 is 1.17 bits per heavy atom. The Morgan fingerprint density at radius 3 is 2.52 bits per heavy atom. The Labute approximate surface area is 173 Å². The van der Waals surface area contributed by atoms with Crippen LogP contribution in [-0.2, 0) is 14.8 Å². The molecule has 1 N–H and O–H groups in total. The van der Waals surface area contributed by atoms with Gasteiger partial charge in [-0.3, -0.25) is 14.7 Å². The third kappa shape index (κ3) is 4.76. The second-order valence-electron chi connectivity index (χ2n) is 8.10. The topological polar surface area (TPSA) is 82.6 Å². The molecule has 3 rings (SSSR count). The summed E-state index contributed by atoms with van der Waals surface area (Å²) in [5.74, 6) is 0.384. The third-order valence-electron chi connectivity index (χ3n) is 5.31. The highest BCUT2D eigenvalue weighted by Crippen LogP contribution is 2.25. The van der Waals surface area contributed by atoms with Crippen LogP contribution in [0.3, 0.4) is 0 Å². The molecule has 1 atom stereocenters. The monoisotopic (exact) mass is 418 g/mol. The molecular formula is C21H30N4O3S. The van der Waals surface area contributed by atoms with Crippen molar-refractivity contribution < 1.29 is 13.2 Å². The van der Waals surface area contributed by atoms with Crippen molar-refractivity contribution in [1.29, 1.82) is 0 Å². The van der Waals surface area contributed by atoms with E-state index in [0.717, 1.165) is 10.9 Å². The largest absolute Gasteiger partial charge is 0.354 e. The molecule has 2 heterocycles.